The molecule has 0 fully saturated rings. The lowest BCUT2D eigenvalue weighted by molar-refractivity contribution is 0.102. The maximum absolute atomic E-state index is 12.8. The molecule has 0 radical (unpaired) electrons. The molecule has 6 nitrogen and oxygen atoms in total. The van der Waals surface area contributed by atoms with Crippen molar-refractivity contribution in [1.29, 1.82) is 0 Å². The minimum atomic E-state index is -0.327. The topological polar surface area (TPSA) is 69.3 Å². The van der Waals surface area contributed by atoms with Gasteiger partial charge in [0.2, 0.25) is 0 Å². The number of anilines is 1. The summed E-state index contributed by atoms with van der Waals surface area (Å²) >= 11 is 6.40. The standard InChI is InChI=1S/C20H16ClN3O3/c1-12-22-16-9-13(5-6-18(16)27-12)23-20(25)14-10-15(21)17(11-19(14)26-2)24-7-3-4-8-24/h3-11H,1-2H3,(H,23,25). The SMILES string of the molecule is COc1cc(-n2cccc2)c(Cl)cc1C(=O)Nc1ccc2oc(C)nc2c1. The first-order valence-electron chi connectivity index (χ1n) is 8.24. The summed E-state index contributed by atoms with van der Waals surface area (Å²) in [6.07, 6.45) is 3.74. The maximum Gasteiger partial charge on any atom is 0.259 e. The number of oxazole rings is 1. The molecule has 0 saturated heterocycles. The first-order chi connectivity index (χ1) is 13.0. The molecule has 0 bridgehead atoms. The van der Waals surface area contributed by atoms with E-state index in [2.05, 4.69) is 10.3 Å². The summed E-state index contributed by atoms with van der Waals surface area (Å²) in [7, 11) is 1.52. The molecule has 2 aromatic heterocycles. The average Bonchev–Trinajstić information content (AvgIpc) is 3.29. The smallest absolute Gasteiger partial charge is 0.259 e. The Kier molecular flexibility index (Phi) is 4.33. The Morgan fingerprint density at radius 2 is 2.00 bits per heavy atom. The summed E-state index contributed by atoms with van der Waals surface area (Å²) in [6.45, 7) is 1.78. The number of halogens is 1. The third kappa shape index (κ3) is 3.27. The Balaban J connectivity index is 1.66. The van der Waals surface area contributed by atoms with E-state index in [0.29, 0.717) is 39.0 Å². The van der Waals surface area contributed by atoms with E-state index >= 15 is 0 Å². The van der Waals surface area contributed by atoms with Gasteiger partial charge in [-0.2, -0.15) is 0 Å². The van der Waals surface area contributed by atoms with Crippen LogP contribution in [0.2, 0.25) is 5.02 Å². The van der Waals surface area contributed by atoms with Gasteiger partial charge in [0.15, 0.2) is 11.5 Å². The monoisotopic (exact) mass is 381 g/mol. The van der Waals surface area contributed by atoms with E-state index in [4.69, 9.17) is 20.8 Å². The molecule has 0 unspecified atom stereocenters. The Labute approximate surface area is 160 Å². The zero-order valence-electron chi connectivity index (χ0n) is 14.7. The quantitative estimate of drug-likeness (QED) is 0.549. The molecule has 27 heavy (non-hydrogen) atoms. The third-order valence-corrected chi connectivity index (χ3v) is 4.45. The molecule has 0 atom stereocenters. The lowest BCUT2D eigenvalue weighted by Gasteiger charge is -2.13. The molecule has 2 aromatic carbocycles. The lowest BCUT2D eigenvalue weighted by Crippen LogP contribution is -2.13. The van der Waals surface area contributed by atoms with Gasteiger partial charge in [0.05, 0.1) is 23.4 Å². The highest BCUT2D eigenvalue weighted by molar-refractivity contribution is 6.33. The molecule has 1 N–H and O–H groups in total. The third-order valence-electron chi connectivity index (χ3n) is 4.15. The van der Waals surface area contributed by atoms with Crippen molar-refractivity contribution in [3.8, 4) is 11.4 Å². The number of amides is 1. The number of aryl methyl sites for hydroxylation is 1. The van der Waals surface area contributed by atoms with Crippen LogP contribution in [0.5, 0.6) is 5.75 Å². The van der Waals surface area contributed by atoms with Gasteiger partial charge in [-0.15, -0.1) is 0 Å². The van der Waals surface area contributed by atoms with Crippen LogP contribution in [0.3, 0.4) is 0 Å². The average molecular weight is 382 g/mol. The van der Waals surface area contributed by atoms with Gasteiger partial charge in [-0.05, 0) is 36.4 Å². The van der Waals surface area contributed by atoms with Crippen LogP contribution < -0.4 is 10.1 Å². The van der Waals surface area contributed by atoms with Crippen molar-refractivity contribution in [3.05, 3.63) is 71.3 Å². The highest BCUT2D eigenvalue weighted by Gasteiger charge is 2.17. The fraction of sp³-hybridized carbons (Fsp3) is 0.100. The van der Waals surface area contributed by atoms with E-state index in [-0.39, 0.29) is 5.91 Å². The molecule has 4 aromatic rings. The number of carbonyl (C=O) groups excluding carboxylic acids is 1. The van der Waals surface area contributed by atoms with E-state index in [1.165, 1.54) is 7.11 Å². The molecular formula is C20H16ClN3O3. The largest absolute Gasteiger partial charge is 0.496 e. The van der Waals surface area contributed by atoms with E-state index in [9.17, 15) is 4.79 Å². The van der Waals surface area contributed by atoms with Crippen molar-refractivity contribution in [3.63, 3.8) is 0 Å². The Hall–Kier alpha value is -3.25. The van der Waals surface area contributed by atoms with E-state index in [0.717, 1.165) is 5.69 Å². The summed E-state index contributed by atoms with van der Waals surface area (Å²) in [5, 5.41) is 3.29. The number of carbonyl (C=O) groups is 1. The van der Waals surface area contributed by atoms with Gasteiger partial charge in [0.25, 0.3) is 5.91 Å². The van der Waals surface area contributed by atoms with Crippen LogP contribution >= 0.6 is 11.6 Å². The Morgan fingerprint density at radius 1 is 1.22 bits per heavy atom. The summed E-state index contributed by atoms with van der Waals surface area (Å²) in [5.74, 6) is 0.675. The van der Waals surface area contributed by atoms with Crippen LogP contribution in [-0.2, 0) is 0 Å². The van der Waals surface area contributed by atoms with Crippen LogP contribution in [0.4, 0.5) is 5.69 Å². The second-order valence-corrected chi connectivity index (χ2v) is 6.37. The van der Waals surface area contributed by atoms with Crippen molar-refractivity contribution in [2.45, 2.75) is 6.92 Å². The number of methoxy groups -OCH3 is 1. The van der Waals surface area contributed by atoms with Crippen LogP contribution in [-0.4, -0.2) is 22.6 Å². The van der Waals surface area contributed by atoms with Crippen LogP contribution in [0.1, 0.15) is 16.2 Å². The van der Waals surface area contributed by atoms with Crippen molar-refractivity contribution >= 4 is 34.3 Å². The summed E-state index contributed by atoms with van der Waals surface area (Å²) < 4.78 is 12.7. The van der Waals surface area contributed by atoms with Crippen molar-refractivity contribution in [1.82, 2.24) is 9.55 Å². The predicted octanol–water partition coefficient (Wildman–Crippen LogP) is 4.84. The van der Waals surface area contributed by atoms with Crippen molar-refractivity contribution in [2.75, 3.05) is 12.4 Å². The number of fused-ring (bicyclic) bond motifs is 1. The van der Waals surface area contributed by atoms with Gasteiger partial charge in [0.1, 0.15) is 11.3 Å². The zero-order valence-corrected chi connectivity index (χ0v) is 15.4. The minimum absolute atomic E-state index is 0.327. The molecule has 0 saturated carbocycles. The minimum Gasteiger partial charge on any atom is -0.496 e. The van der Waals surface area contributed by atoms with Gasteiger partial charge < -0.3 is 19.0 Å². The van der Waals surface area contributed by atoms with Crippen molar-refractivity contribution in [2.24, 2.45) is 0 Å². The normalized spacial score (nSPS) is 10.9. The molecule has 0 aliphatic rings. The molecule has 1 amide bonds. The molecule has 2 heterocycles. The Morgan fingerprint density at radius 3 is 2.74 bits per heavy atom. The second kappa shape index (κ2) is 6.81. The highest BCUT2D eigenvalue weighted by atomic mass is 35.5. The maximum atomic E-state index is 12.8. The molecule has 4 rings (SSSR count). The van der Waals surface area contributed by atoms with Gasteiger partial charge >= 0.3 is 0 Å². The van der Waals surface area contributed by atoms with Gasteiger partial charge in [-0.3, -0.25) is 4.79 Å². The number of nitrogens with one attached hydrogen (secondary N) is 1. The van der Waals surface area contributed by atoms with E-state index in [1.807, 2.05) is 29.1 Å². The number of aromatic nitrogens is 2. The fourth-order valence-corrected chi connectivity index (χ4v) is 3.16. The summed E-state index contributed by atoms with van der Waals surface area (Å²) in [6, 6.07) is 12.4. The van der Waals surface area contributed by atoms with Gasteiger partial charge in [0, 0.05) is 31.1 Å². The first kappa shape index (κ1) is 17.2. The van der Waals surface area contributed by atoms with E-state index < -0.39 is 0 Å². The van der Waals surface area contributed by atoms with Crippen LogP contribution in [0.25, 0.3) is 16.8 Å². The summed E-state index contributed by atoms with van der Waals surface area (Å²) in [4.78, 5) is 17.1. The number of rotatable bonds is 4. The lowest BCUT2D eigenvalue weighted by atomic mass is 10.1. The number of ether oxygens (including phenoxy) is 1. The first-order valence-corrected chi connectivity index (χ1v) is 8.62. The van der Waals surface area contributed by atoms with Gasteiger partial charge in [-0.25, -0.2) is 4.98 Å². The number of hydrogen-bond donors (Lipinski definition) is 1. The Bertz CT molecular complexity index is 1130. The molecule has 0 spiro atoms. The van der Waals surface area contributed by atoms with E-state index in [1.54, 1.807) is 37.3 Å². The molecule has 0 aliphatic heterocycles. The van der Waals surface area contributed by atoms with Crippen molar-refractivity contribution < 1.29 is 13.9 Å². The fourth-order valence-electron chi connectivity index (χ4n) is 2.90. The van der Waals surface area contributed by atoms with Gasteiger partial charge in [-0.1, -0.05) is 11.6 Å². The molecule has 0 aliphatic carbocycles. The molecule has 136 valence electrons. The number of hydrogen-bond acceptors (Lipinski definition) is 4. The van der Waals surface area contributed by atoms with Crippen LogP contribution in [0, 0.1) is 6.92 Å². The molecular weight excluding hydrogens is 366 g/mol. The summed E-state index contributed by atoms with van der Waals surface area (Å²) in [5.41, 5.74) is 3.03. The zero-order chi connectivity index (χ0) is 19.0. The number of benzene rings is 2. The second-order valence-electron chi connectivity index (χ2n) is 5.96. The van der Waals surface area contributed by atoms with Crippen LogP contribution in [0.15, 0.2) is 59.3 Å². The highest BCUT2D eigenvalue weighted by Crippen LogP contribution is 2.31. The molecule has 7 heteroatoms. The predicted molar refractivity (Wildman–Crippen MR) is 104 cm³/mol. The number of nitrogens with zero attached hydrogens (tertiary/aromatic N) is 2.